The summed E-state index contributed by atoms with van der Waals surface area (Å²) >= 11 is 0. The Bertz CT molecular complexity index is 85.4. The van der Waals surface area contributed by atoms with Gasteiger partial charge in [-0.25, -0.2) is 0 Å². The average molecular weight is 220 g/mol. The fourth-order valence-electron chi connectivity index (χ4n) is 2.57. The second-order valence-corrected chi connectivity index (χ2v) is 4.24. The van der Waals surface area contributed by atoms with Gasteiger partial charge in [0.25, 0.3) is 0 Å². The van der Waals surface area contributed by atoms with Crippen molar-refractivity contribution in [3.63, 3.8) is 0 Å². The monoisotopic (exact) mass is 220 g/mol. The van der Waals surface area contributed by atoms with Crippen molar-refractivity contribution in [3.05, 3.63) is 0 Å². The van der Waals surface area contributed by atoms with Gasteiger partial charge in [-0.05, 0) is 25.7 Å². The summed E-state index contributed by atoms with van der Waals surface area (Å²) in [4.78, 5) is 0. The zero-order chi connectivity index (χ0) is 10.2. The summed E-state index contributed by atoms with van der Waals surface area (Å²) in [6.45, 7) is 14.8. The number of hydrogen-bond acceptors (Lipinski definition) is 0. The maximum Gasteiger partial charge on any atom is 0.0783 e. The molecule has 0 saturated heterocycles. The molecular formula is C12H30NS+. The van der Waals surface area contributed by atoms with Crippen molar-refractivity contribution in [2.24, 2.45) is 0 Å². The molecule has 0 radical (unpaired) electrons. The predicted octanol–water partition coefficient (Wildman–Crippen LogP) is 3.56. The Labute approximate surface area is 97.9 Å². The van der Waals surface area contributed by atoms with Crippen LogP contribution in [0.15, 0.2) is 0 Å². The van der Waals surface area contributed by atoms with Gasteiger partial charge in [0.15, 0.2) is 0 Å². The van der Waals surface area contributed by atoms with E-state index in [1.807, 2.05) is 0 Å². The smallest absolute Gasteiger partial charge is 0.0783 e. The SMILES string of the molecule is CCC[N+](CCC)(CCC)CCC.S. The van der Waals surface area contributed by atoms with Crippen molar-refractivity contribution in [1.29, 1.82) is 0 Å². The average Bonchev–Trinajstić information content (AvgIpc) is 2.06. The van der Waals surface area contributed by atoms with Crippen LogP contribution in [0.25, 0.3) is 0 Å². The Kier molecular flexibility index (Phi) is 11.8. The van der Waals surface area contributed by atoms with Gasteiger partial charge in [-0.1, -0.05) is 27.7 Å². The van der Waals surface area contributed by atoms with E-state index < -0.39 is 0 Å². The third kappa shape index (κ3) is 5.92. The topological polar surface area (TPSA) is 0 Å². The molecule has 0 atom stereocenters. The standard InChI is InChI=1S/C12H28N.H2S/c1-5-9-13(10-6-2,11-7-3)12-8-4;/h5-12H2,1-4H3;1H2/q+1;. The molecule has 0 amide bonds. The first-order valence-electron chi connectivity index (χ1n) is 6.09. The minimum absolute atomic E-state index is 0. The van der Waals surface area contributed by atoms with Crippen molar-refractivity contribution >= 4 is 13.5 Å². The molecule has 2 heteroatoms. The highest BCUT2D eigenvalue weighted by molar-refractivity contribution is 7.59. The van der Waals surface area contributed by atoms with Gasteiger partial charge in [0.2, 0.25) is 0 Å². The van der Waals surface area contributed by atoms with Crippen molar-refractivity contribution in [1.82, 2.24) is 0 Å². The number of hydrogen-bond donors (Lipinski definition) is 0. The van der Waals surface area contributed by atoms with Gasteiger partial charge in [-0.3, -0.25) is 0 Å². The molecule has 0 aromatic carbocycles. The normalized spacial score (nSPS) is 11.1. The summed E-state index contributed by atoms with van der Waals surface area (Å²) in [5.41, 5.74) is 0. The van der Waals surface area contributed by atoms with E-state index in [0.717, 1.165) is 0 Å². The minimum Gasteiger partial charge on any atom is -0.324 e. The van der Waals surface area contributed by atoms with Crippen LogP contribution in [0.4, 0.5) is 0 Å². The zero-order valence-electron chi connectivity index (χ0n) is 10.6. The molecule has 0 saturated carbocycles. The highest BCUT2D eigenvalue weighted by Gasteiger charge is 2.22. The number of quaternary nitrogens is 1. The van der Waals surface area contributed by atoms with Gasteiger partial charge in [-0.15, -0.1) is 0 Å². The second kappa shape index (κ2) is 9.85. The van der Waals surface area contributed by atoms with E-state index in [9.17, 15) is 0 Å². The Morgan fingerprint density at radius 3 is 0.929 bits per heavy atom. The van der Waals surface area contributed by atoms with Crippen LogP contribution in [0, 0.1) is 0 Å². The summed E-state index contributed by atoms with van der Waals surface area (Å²) in [6.07, 6.45) is 5.33. The molecule has 88 valence electrons. The highest BCUT2D eigenvalue weighted by atomic mass is 32.1. The van der Waals surface area contributed by atoms with Crippen molar-refractivity contribution in [2.45, 2.75) is 53.4 Å². The molecule has 0 heterocycles. The molecule has 0 aromatic heterocycles. The molecule has 0 aliphatic rings. The first-order chi connectivity index (χ1) is 6.24. The molecule has 0 fully saturated rings. The maximum absolute atomic E-state index is 2.31. The van der Waals surface area contributed by atoms with Gasteiger partial charge in [0.1, 0.15) is 0 Å². The first-order valence-corrected chi connectivity index (χ1v) is 6.09. The molecule has 14 heavy (non-hydrogen) atoms. The first kappa shape index (κ1) is 16.7. The van der Waals surface area contributed by atoms with Crippen LogP contribution in [0.5, 0.6) is 0 Å². The minimum atomic E-state index is 0. The van der Waals surface area contributed by atoms with Crippen LogP contribution in [0.2, 0.25) is 0 Å². The van der Waals surface area contributed by atoms with Crippen LogP contribution >= 0.6 is 13.5 Å². The molecule has 0 aliphatic carbocycles. The van der Waals surface area contributed by atoms with Crippen LogP contribution in [-0.4, -0.2) is 30.7 Å². The molecule has 0 N–H and O–H groups in total. The van der Waals surface area contributed by atoms with E-state index in [1.54, 1.807) is 0 Å². The lowest BCUT2D eigenvalue weighted by Gasteiger charge is -2.38. The molecule has 1 nitrogen and oxygen atoms in total. The Morgan fingerprint density at radius 1 is 0.571 bits per heavy atom. The Hall–Kier alpha value is 0.310. The van der Waals surface area contributed by atoms with Crippen LogP contribution < -0.4 is 0 Å². The molecule has 0 spiro atoms. The summed E-state index contributed by atoms with van der Waals surface area (Å²) in [7, 11) is 0. The third-order valence-electron chi connectivity index (χ3n) is 2.79. The Balaban J connectivity index is 0. The second-order valence-electron chi connectivity index (χ2n) is 4.24. The molecule has 0 bridgehead atoms. The summed E-state index contributed by atoms with van der Waals surface area (Å²) in [6, 6.07) is 0. The number of nitrogens with zero attached hydrogens (tertiary/aromatic N) is 1. The predicted molar refractivity (Wildman–Crippen MR) is 71.3 cm³/mol. The van der Waals surface area contributed by atoms with Crippen LogP contribution in [0.1, 0.15) is 53.4 Å². The largest absolute Gasteiger partial charge is 0.324 e. The van der Waals surface area contributed by atoms with Gasteiger partial charge in [0, 0.05) is 0 Å². The van der Waals surface area contributed by atoms with Crippen LogP contribution in [-0.2, 0) is 0 Å². The fourth-order valence-corrected chi connectivity index (χ4v) is 2.57. The maximum atomic E-state index is 2.31. The zero-order valence-corrected chi connectivity index (χ0v) is 11.6. The van der Waals surface area contributed by atoms with E-state index in [2.05, 4.69) is 27.7 Å². The third-order valence-corrected chi connectivity index (χ3v) is 2.79. The lowest BCUT2D eigenvalue weighted by molar-refractivity contribution is -0.928. The molecule has 0 rings (SSSR count). The van der Waals surface area contributed by atoms with Gasteiger partial charge in [0.05, 0.1) is 26.2 Å². The van der Waals surface area contributed by atoms with Crippen molar-refractivity contribution < 1.29 is 4.48 Å². The fraction of sp³-hybridized carbons (Fsp3) is 1.00. The summed E-state index contributed by atoms with van der Waals surface area (Å²) in [5, 5.41) is 0. The summed E-state index contributed by atoms with van der Waals surface area (Å²) < 4.78 is 1.38. The molecule has 0 aromatic rings. The van der Waals surface area contributed by atoms with E-state index in [0.29, 0.717) is 0 Å². The van der Waals surface area contributed by atoms with E-state index in [-0.39, 0.29) is 13.5 Å². The number of rotatable bonds is 8. The van der Waals surface area contributed by atoms with E-state index >= 15 is 0 Å². The van der Waals surface area contributed by atoms with Crippen molar-refractivity contribution in [2.75, 3.05) is 26.2 Å². The Morgan fingerprint density at radius 2 is 0.786 bits per heavy atom. The molecular weight excluding hydrogens is 190 g/mol. The highest BCUT2D eigenvalue weighted by Crippen LogP contribution is 2.12. The molecule has 0 unspecified atom stereocenters. The van der Waals surface area contributed by atoms with Crippen LogP contribution in [0.3, 0.4) is 0 Å². The molecule has 0 aliphatic heterocycles. The lowest BCUT2D eigenvalue weighted by atomic mass is 10.2. The quantitative estimate of drug-likeness (QED) is 0.549. The van der Waals surface area contributed by atoms with Gasteiger partial charge in [-0.2, -0.15) is 13.5 Å². The van der Waals surface area contributed by atoms with Crippen molar-refractivity contribution in [3.8, 4) is 0 Å². The van der Waals surface area contributed by atoms with Gasteiger partial charge < -0.3 is 4.48 Å². The summed E-state index contributed by atoms with van der Waals surface area (Å²) in [5.74, 6) is 0. The van der Waals surface area contributed by atoms with Gasteiger partial charge >= 0.3 is 0 Å². The van der Waals surface area contributed by atoms with E-state index in [1.165, 1.54) is 56.3 Å². The van der Waals surface area contributed by atoms with E-state index in [4.69, 9.17) is 0 Å². The lowest BCUT2D eigenvalue weighted by Crippen LogP contribution is -2.50.